The number of rotatable bonds is 0. The first-order chi connectivity index (χ1) is 4.61. The van der Waals surface area contributed by atoms with Crippen LogP contribution in [0.3, 0.4) is 0 Å². The Labute approximate surface area is 56.1 Å². The Morgan fingerprint density at radius 2 is 1.90 bits per heavy atom. The molecule has 0 aliphatic carbocycles. The standard InChI is InChI=1S/C5H4N2O3/c1-2-3(8)4(9)7-5(10)6-2/h1H3,(H,7,9,10). The van der Waals surface area contributed by atoms with E-state index in [1.54, 1.807) is 5.32 Å². The summed E-state index contributed by atoms with van der Waals surface area (Å²) in [5.41, 5.74) is -0.0613. The highest BCUT2D eigenvalue weighted by molar-refractivity contribution is 6.67. The smallest absolute Gasteiger partial charge is 0.282 e. The molecule has 1 aliphatic heterocycles. The second-order valence-corrected chi connectivity index (χ2v) is 1.79. The highest BCUT2D eigenvalue weighted by Gasteiger charge is 2.24. The second kappa shape index (κ2) is 2.02. The zero-order valence-corrected chi connectivity index (χ0v) is 5.17. The number of Topliss-reactive ketones (excluding diaryl/α,β-unsaturated/α-hetero) is 1. The molecule has 0 saturated carbocycles. The first-order valence-corrected chi connectivity index (χ1v) is 2.56. The largest absolute Gasteiger partial charge is 0.348 e. The fourth-order valence-electron chi connectivity index (χ4n) is 0.549. The van der Waals surface area contributed by atoms with Crippen molar-refractivity contribution in [3.05, 3.63) is 0 Å². The Hall–Kier alpha value is -1.52. The van der Waals surface area contributed by atoms with E-state index in [1.807, 2.05) is 0 Å². The van der Waals surface area contributed by atoms with E-state index < -0.39 is 17.7 Å². The van der Waals surface area contributed by atoms with Gasteiger partial charge in [0.25, 0.3) is 5.78 Å². The molecule has 1 N–H and O–H groups in total. The molecule has 0 fully saturated rings. The lowest BCUT2D eigenvalue weighted by Crippen LogP contribution is -2.42. The molecule has 0 radical (unpaired) electrons. The molecule has 0 unspecified atom stereocenters. The van der Waals surface area contributed by atoms with Gasteiger partial charge in [0.1, 0.15) is 0 Å². The Kier molecular flexibility index (Phi) is 1.33. The summed E-state index contributed by atoms with van der Waals surface area (Å²) in [6.45, 7) is 1.32. The van der Waals surface area contributed by atoms with E-state index in [1.165, 1.54) is 6.92 Å². The van der Waals surface area contributed by atoms with Gasteiger partial charge in [0.2, 0.25) is 0 Å². The van der Waals surface area contributed by atoms with Gasteiger partial charge in [-0.2, -0.15) is 4.99 Å². The summed E-state index contributed by atoms with van der Waals surface area (Å²) in [6.07, 6.45) is 0. The third kappa shape index (κ3) is 0.928. The first-order valence-electron chi connectivity index (χ1n) is 2.56. The number of urea groups is 1. The molecule has 0 atom stereocenters. The van der Waals surface area contributed by atoms with Crippen molar-refractivity contribution in [2.24, 2.45) is 4.99 Å². The Balaban J connectivity index is 3.03. The molecule has 10 heavy (non-hydrogen) atoms. The Morgan fingerprint density at radius 1 is 1.30 bits per heavy atom. The van der Waals surface area contributed by atoms with Crippen LogP contribution in [0.4, 0.5) is 4.79 Å². The van der Waals surface area contributed by atoms with E-state index in [2.05, 4.69) is 4.99 Å². The molecule has 0 spiro atoms. The molecule has 52 valence electrons. The minimum Gasteiger partial charge on any atom is -0.282 e. The summed E-state index contributed by atoms with van der Waals surface area (Å²) in [7, 11) is 0. The second-order valence-electron chi connectivity index (χ2n) is 1.79. The number of hydrogen-bond donors (Lipinski definition) is 1. The quantitative estimate of drug-likeness (QED) is 0.450. The van der Waals surface area contributed by atoms with Gasteiger partial charge in [-0.3, -0.25) is 14.9 Å². The summed E-state index contributed by atoms with van der Waals surface area (Å²) >= 11 is 0. The molecular formula is C5H4N2O3. The van der Waals surface area contributed by atoms with Crippen molar-refractivity contribution in [2.45, 2.75) is 6.92 Å². The molecule has 0 aromatic carbocycles. The molecule has 0 aromatic rings. The van der Waals surface area contributed by atoms with Gasteiger partial charge in [0.05, 0.1) is 5.71 Å². The van der Waals surface area contributed by atoms with Crippen LogP contribution in [0, 0.1) is 0 Å². The Morgan fingerprint density at radius 3 is 2.40 bits per heavy atom. The van der Waals surface area contributed by atoms with Crippen LogP contribution in [0.25, 0.3) is 0 Å². The fourth-order valence-corrected chi connectivity index (χ4v) is 0.549. The number of ketones is 1. The third-order valence-corrected chi connectivity index (χ3v) is 1.02. The molecule has 5 heteroatoms. The van der Waals surface area contributed by atoms with Gasteiger partial charge in [0.15, 0.2) is 0 Å². The molecule has 0 bridgehead atoms. The van der Waals surface area contributed by atoms with Crippen LogP contribution in [-0.4, -0.2) is 23.4 Å². The van der Waals surface area contributed by atoms with Gasteiger partial charge in [0, 0.05) is 0 Å². The van der Waals surface area contributed by atoms with E-state index in [0.29, 0.717) is 0 Å². The van der Waals surface area contributed by atoms with E-state index in [0.717, 1.165) is 0 Å². The maximum Gasteiger partial charge on any atom is 0.348 e. The summed E-state index contributed by atoms with van der Waals surface area (Å²) in [6, 6.07) is -0.776. The van der Waals surface area contributed by atoms with Crippen molar-refractivity contribution in [3.8, 4) is 0 Å². The van der Waals surface area contributed by atoms with Crippen LogP contribution in [-0.2, 0) is 9.59 Å². The number of carbonyl (C=O) groups is 3. The van der Waals surface area contributed by atoms with Gasteiger partial charge < -0.3 is 0 Å². The average Bonchev–Trinajstić information content (AvgIpc) is 1.82. The van der Waals surface area contributed by atoms with E-state index in [9.17, 15) is 14.4 Å². The van der Waals surface area contributed by atoms with E-state index in [4.69, 9.17) is 0 Å². The van der Waals surface area contributed by atoms with Crippen molar-refractivity contribution >= 4 is 23.4 Å². The maximum absolute atomic E-state index is 10.6. The lowest BCUT2D eigenvalue weighted by molar-refractivity contribution is -0.133. The molecule has 0 aromatic heterocycles. The number of aliphatic imine (C=N–C) groups is 1. The fraction of sp³-hybridized carbons (Fsp3) is 0.200. The number of carbonyl (C=O) groups excluding carboxylic acids is 3. The molecule has 1 rings (SSSR count). The average molecular weight is 140 g/mol. The van der Waals surface area contributed by atoms with Crippen molar-refractivity contribution in [1.82, 2.24) is 5.32 Å². The topological polar surface area (TPSA) is 75.6 Å². The number of imide groups is 1. The normalized spacial score (nSPS) is 18.5. The number of nitrogens with one attached hydrogen (secondary N) is 1. The van der Waals surface area contributed by atoms with Gasteiger partial charge in [-0.25, -0.2) is 4.79 Å². The summed E-state index contributed by atoms with van der Waals surface area (Å²) in [4.78, 5) is 34.6. The van der Waals surface area contributed by atoms with Gasteiger partial charge in [-0.15, -0.1) is 0 Å². The highest BCUT2D eigenvalue weighted by Crippen LogP contribution is 1.90. The van der Waals surface area contributed by atoms with E-state index in [-0.39, 0.29) is 5.71 Å². The number of nitrogens with zero attached hydrogens (tertiary/aromatic N) is 1. The molecule has 0 saturated heterocycles. The predicted octanol–water partition coefficient (Wildman–Crippen LogP) is -0.734. The van der Waals surface area contributed by atoms with E-state index >= 15 is 0 Å². The molecular weight excluding hydrogens is 136 g/mol. The number of hydrogen-bond acceptors (Lipinski definition) is 3. The SMILES string of the molecule is CC1=NC(=O)NC(=O)C1=O. The summed E-state index contributed by atoms with van der Waals surface area (Å²) in [5.74, 6) is -1.66. The monoisotopic (exact) mass is 140 g/mol. The van der Waals surface area contributed by atoms with Gasteiger partial charge in [-0.1, -0.05) is 0 Å². The summed E-state index contributed by atoms with van der Waals surface area (Å²) in [5, 5.41) is 1.74. The molecule has 1 heterocycles. The third-order valence-electron chi connectivity index (χ3n) is 1.02. The zero-order chi connectivity index (χ0) is 7.72. The lowest BCUT2D eigenvalue weighted by Gasteiger charge is -2.04. The summed E-state index contributed by atoms with van der Waals surface area (Å²) < 4.78 is 0. The maximum atomic E-state index is 10.6. The van der Waals surface area contributed by atoms with Gasteiger partial charge >= 0.3 is 11.9 Å². The Bertz CT molecular complexity index is 254. The van der Waals surface area contributed by atoms with Crippen LogP contribution in [0.15, 0.2) is 4.99 Å². The van der Waals surface area contributed by atoms with Crippen molar-refractivity contribution in [2.75, 3.05) is 0 Å². The van der Waals surface area contributed by atoms with Crippen LogP contribution >= 0.6 is 0 Å². The van der Waals surface area contributed by atoms with Crippen LogP contribution in [0.2, 0.25) is 0 Å². The van der Waals surface area contributed by atoms with Crippen molar-refractivity contribution in [3.63, 3.8) is 0 Å². The molecule has 3 amide bonds. The first kappa shape index (κ1) is 6.60. The molecule has 1 aliphatic rings. The van der Waals surface area contributed by atoms with Crippen LogP contribution in [0.5, 0.6) is 0 Å². The van der Waals surface area contributed by atoms with Crippen LogP contribution < -0.4 is 5.32 Å². The zero-order valence-electron chi connectivity index (χ0n) is 5.17. The number of amides is 3. The van der Waals surface area contributed by atoms with Gasteiger partial charge in [-0.05, 0) is 6.92 Å². The minimum absolute atomic E-state index is 0.0613. The molecule has 5 nitrogen and oxygen atoms in total. The lowest BCUT2D eigenvalue weighted by atomic mass is 10.2. The van der Waals surface area contributed by atoms with Crippen molar-refractivity contribution < 1.29 is 14.4 Å². The highest BCUT2D eigenvalue weighted by atomic mass is 16.2. The van der Waals surface area contributed by atoms with Crippen molar-refractivity contribution in [1.29, 1.82) is 0 Å². The minimum atomic E-state index is -0.905. The predicted molar refractivity (Wildman–Crippen MR) is 31.7 cm³/mol. The van der Waals surface area contributed by atoms with Crippen LogP contribution in [0.1, 0.15) is 6.92 Å².